The number of hydrogen-bond acceptors (Lipinski definition) is 4. The van der Waals surface area contributed by atoms with Crippen LogP contribution in [0.25, 0.3) is 0 Å². The normalized spacial score (nSPS) is 18.4. The fourth-order valence-corrected chi connectivity index (χ4v) is 2.93. The number of nitrogens with zero attached hydrogens (tertiary/aromatic N) is 2. The molecule has 20 heavy (non-hydrogen) atoms. The monoisotopic (exact) mass is 303 g/mol. The minimum absolute atomic E-state index is 0.0323. The third kappa shape index (κ3) is 6.47. The third-order valence-corrected chi connectivity index (χ3v) is 4.19. The summed E-state index contributed by atoms with van der Waals surface area (Å²) in [5.41, 5.74) is 0. The summed E-state index contributed by atoms with van der Waals surface area (Å²) in [5, 5.41) is 11.8. The lowest BCUT2D eigenvalue weighted by Gasteiger charge is -2.22. The van der Waals surface area contributed by atoms with Crippen LogP contribution < -0.4 is 5.32 Å². The van der Waals surface area contributed by atoms with Gasteiger partial charge in [0.2, 0.25) is 0 Å². The molecular formula is C13H25N3O3S. The van der Waals surface area contributed by atoms with Crippen molar-refractivity contribution in [3.63, 3.8) is 0 Å². The maximum atomic E-state index is 12.1. The molecule has 1 unspecified atom stereocenters. The number of nitrogens with one attached hydrogen (secondary N) is 1. The van der Waals surface area contributed by atoms with E-state index in [-0.39, 0.29) is 12.6 Å². The third-order valence-electron chi connectivity index (χ3n) is 3.29. The summed E-state index contributed by atoms with van der Waals surface area (Å²) in [4.78, 5) is 26.4. The van der Waals surface area contributed by atoms with Crippen molar-refractivity contribution in [3.8, 4) is 0 Å². The lowest BCUT2D eigenvalue weighted by Crippen LogP contribution is -2.43. The average molecular weight is 303 g/mol. The van der Waals surface area contributed by atoms with Crippen LogP contribution in [0.15, 0.2) is 0 Å². The molecule has 116 valence electrons. The van der Waals surface area contributed by atoms with Gasteiger partial charge in [-0.2, -0.15) is 11.8 Å². The van der Waals surface area contributed by atoms with Gasteiger partial charge in [-0.15, -0.1) is 0 Å². The number of hydrogen-bond donors (Lipinski definition) is 2. The van der Waals surface area contributed by atoms with Crippen LogP contribution in [0.3, 0.4) is 0 Å². The van der Waals surface area contributed by atoms with Crippen LogP contribution in [-0.2, 0) is 4.79 Å². The predicted molar refractivity (Wildman–Crippen MR) is 81.2 cm³/mol. The molecular weight excluding hydrogens is 278 g/mol. The van der Waals surface area contributed by atoms with Gasteiger partial charge in [-0.1, -0.05) is 6.92 Å². The van der Waals surface area contributed by atoms with E-state index in [1.165, 1.54) is 0 Å². The number of urea groups is 1. The standard InChI is InChI=1S/C13H25N3O3S/c1-11(10-20-2)8-14-13(19)16-5-3-4-15(6-7-16)9-12(17)18/h11H,3-10H2,1-2H3,(H,14,19)(H,17,18). The van der Waals surface area contributed by atoms with E-state index >= 15 is 0 Å². The number of aliphatic carboxylic acids is 1. The predicted octanol–water partition coefficient (Wildman–Crippen LogP) is 0.787. The Morgan fingerprint density at radius 3 is 2.70 bits per heavy atom. The van der Waals surface area contributed by atoms with Gasteiger partial charge < -0.3 is 15.3 Å². The Balaban J connectivity index is 2.32. The molecule has 0 bridgehead atoms. The molecule has 2 amide bonds. The van der Waals surface area contributed by atoms with Crippen LogP contribution in [0.5, 0.6) is 0 Å². The van der Waals surface area contributed by atoms with E-state index in [1.54, 1.807) is 16.7 Å². The molecule has 0 aliphatic carbocycles. The van der Waals surface area contributed by atoms with Crippen LogP contribution in [0, 0.1) is 5.92 Å². The first-order valence-electron chi connectivity index (χ1n) is 6.98. The summed E-state index contributed by atoms with van der Waals surface area (Å²) < 4.78 is 0. The van der Waals surface area contributed by atoms with Gasteiger partial charge >= 0.3 is 12.0 Å². The second-order valence-corrected chi connectivity index (χ2v) is 6.17. The largest absolute Gasteiger partial charge is 0.480 e. The van der Waals surface area contributed by atoms with Crippen molar-refractivity contribution in [2.75, 3.05) is 51.3 Å². The highest BCUT2D eigenvalue weighted by Crippen LogP contribution is 2.05. The molecule has 1 atom stereocenters. The number of carboxylic acids is 1. The number of amides is 2. The number of carbonyl (C=O) groups is 2. The molecule has 1 rings (SSSR count). The maximum Gasteiger partial charge on any atom is 0.317 e. The molecule has 0 radical (unpaired) electrons. The van der Waals surface area contributed by atoms with E-state index in [2.05, 4.69) is 18.5 Å². The van der Waals surface area contributed by atoms with Crippen molar-refractivity contribution < 1.29 is 14.7 Å². The molecule has 0 spiro atoms. The summed E-state index contributed by atoms with van der Waals surface area (Å²) >= 11 is 1.78. The number of carbonyl (C=O) groups excluding carboxylic acids is 1. The second-order valence-electron chi connectivity index (χ2n) is 5.26. The van der Waals surface area contributed by atoms with E-state index in [4.69, 9.17) is 5.11 Å². The first kappa shape index (κ1) is 17.1. The van der Waals surface area contributed by atoms with E-state index < -0.39 is 5.97 Å². The van der Waals surface area contributed by atoms with Gasteiger partial charge in [0.1, 0.15) is 0 Å². The molecule has 0 aromatic heterocycles. The zero-order valence-corrected chi connectivity index (χ0v) is 13.1. The van der Waals surface area contributed by atoms with Crippen molar-refractivity contribution in [1.29, 1.82) is 0 Å². The fraction of sp³-hybridized carbons (Fsp3) is 0.846. The molecule has 0 aromatic rings. The quantitative estimate of drug-likeness (QED) is 0.759. The Morgan fingerprint density at radius 1 is 1.30 bits per heavy atom. The molecule has 2 N–H and O–H groups in total. The van der Waals surface area contributed by atoms with Crippen molar-refractivity contribution in [2.45, 2.75) is 13.3 Å². The summed E-state index contributed by atoms with van der Waals surface area (Å²) in [5.74, 6) is 0.686. The molecule has 6 nitrogen and oxygen atoms in total. The molecule has 1 fully saturated rings. The summed E-state index contributed by atoms with van der Waals surface area (Å²) in [6.45, 7) is 5.51. The van der Waals surface area contributed by atoms with Crippen LogP contribution >= 0.6 is 11.8 Å². The first-order valence-corrected chi connectivity index (χ1v) is 8.38. The molecule has 0 saturated carbocycles. The zero-order chi connectivity index (χ0) is 15.0. The Hall–Kier alpha value is -0.950. The molecule has 1 aliphatic heterocycles. The van der Waals surface area contributed by atoms with E-state index in [0.29, 0.717) is 32.1 Å². The Morgan fingerprint density at radius 2 is 2.05 bits per heavy atom. The molecule has 7 heteroatoms. The van der Waals surface area contributed by atoms with Crippen LogP contribution in [-0.4, -0.2) is 78.2 Å². The van der Waals surface area contributed by atoms with Crippen molar-refractivity contribution in [1.82, 2.24) is 15.1 Å². The lowest BCUT2D eigenvalue weighted by molar-refractivity contribution is -0.138. The van der Waals surface area contributed by atoms with Crippen LogP contribution in [0.4, 0.5) is 4.79 Å². The van der Waals surface area contributed by atoms with Crippen molar-refractivity contribution in [3.05, 3.63) is 0 Å². The average Bonchev–Trinajstić information content (AvgIpc) is 2.61. The first-order chi connectivity index (χ1) is 9.52. The topological polar surface area (TPSA) is 72.9 Å². The van der Waals surface area contributed by atoms with Gasteiger partial charge in [0.15, 0.2) is 0 Å². The lowest BCUT2D eigenvalue weighted by atomic mass is 10.2. The smallest absolute Gasteiger partial charge is 0.317 e. The maximum absolute atomic E-state index is 12.1. The molecule has 1 saturated heterocycles. The molecule has 0 aromatic carbocycles. The van der Waals surface area contributed by atoms with Gasteiger partial charge in [-0.3, -0.25) is 9.69 Å². The highest BCUT2D eigenvalue weighted by Gasteiger charge is 2.20. The number of carboxylic acid groups (broad SMARTS) is 1. The summed E-state index contributed by atoms with van der Waals surface area (Å²) in [6, 6.07) is -0.0323. The minimum atomic E-state index is -0.811. The SMILES string of the molecule is CSCC(C)CNC(=O)N1CCCN(CC(=O)O)CC1. The van der Waals surface area contributed by atoms with Gasteiger partial charge in [0.25, 0.3) is 0 Å². The van der Waals surface area contributed by atoms with Gasteiger partial charge in [-0.25, -0.2) is 4.79 Å². The number of thioether (sulfide) groups is 1. The Bertz CT molecular complexity index is 328. The Kier molecular flexibility index (Phi) is 7.76. The van der Waals surface area contributed by atoms with E-state index in [9.17, 15) is 9.59 Å². The van der Waals surface area contributed by atoms with Crippen molar-refractivity contribution in [2.24, 2.45) is 5.92 Å². The van der Waals surface area contributed by atoms with E-state index in [1.807, 2.05) is 4.90 Å². The van der Waals surface area contributed by atoms with Crippen LogP contribution in [0.1, 0.15) is 13.3 Å². The minimum Gasteiger partial charge on any atom is -0.480 e. The fourth-order valence-electron chi connectivity index (χ4n) is 2.24. The molecule has 1 heterocycles. The summed E-state index contributed by atoms with van der Waals surface area (Å²) in [7, 11) is 0. The van der Waals surface area contributed by atoms with E-state index in [0.717, 1.165) is 18.7 Å². The second kappa shape index (κ2) is 9.07. The van der Waals surface area contributed by atoms with Crippen molar-refractivity contribution >= 4 is 23.8 Å². The summed E-state index contributed by atoms with van der Waals surface area (Å²) in [6.07, 6.45) is 2.88. The number of rotatable bonds is 6. The molecule has 1 aliphatic rings. The highest BCUT2D eigenvalue weighted by atomic mass is 32.2. The Labute approximate surface area is 124 Å². The van der Waals surface area contributed by atoms with Gasteiger partial charge in [0, 0.05) is 32.7 Å². The highest BCUT2D eigenvalue weighted by molar-refractivity contribution is 7.98. The zero-order valence-electron chi connectivity index (χ0n) is 12.3. The van der Waals surface area contributed by atoms with Gasteiger partial charge in [0.05, 0.1) is 6.54 Å². The van der Waals surface area contributed by atoms with Gasteiger partial charge in [-0.05, 0) is 24.3 Å². The van der Waals surface area contributed by atoms with Crippen LogP contribution in [0.2, 0.25) is 0 Å².